The number of benzene rings is 1. The van der Waals surface area contributed by atoms with E-state index in [1.165, 1.54) is 6.08 Å². The molecule has 0 unspecified atom stereocenters. The fourth-order valence-electron chi connectivity index (χ4n) is 4.57. The van der Waals surface area contributed by atoms with Crippen LogP contribution in [0.4, 0.5) is 16.3 Å². The monoisotopic (exact) mass is 475 g/mol. The van der Waals surface area contributed by atoms with E-state index in [4.69, 9.17) is 4.74 Å². The molecule has 182 valence electrons. The summed E-state index contributed by atoms with van der Waals surface area (Å²) in [5.41, 5.74) is 3.42. The number of hydrogen-bond donors (Lipinski definition) is 3. The van der Waals surface area contributed by atoms with Gasteiger partial charge in [0.15, 0.2) is 0 Å². The van der Waals surface area contributed by atoms with E-state index in [0.29, 0.717) is 32.0 Å². The van der Waals surface area contributed by atoms with Crippen molar-refractivity contribution in [1.82, 2.24) is 25.2 Å². The van der Waals surface area contributed by atoms with E-state index in [0.717, 1.165) is 54.0 Å². The number of H-pyrrole nitrogens is 1. The average molecular weight is 476 g/mol. The minimum absolute atomic E-state index is 0.0382. The molecule has 10 heteroatoms. The lowest BCUT2D eigenvalue weighted by atomic mass is 10.1. The number of nitrogens with one attached hydrogen (secondary N) is 3. The summed E-state index contributed by atoms with van der Waals surface area (Å²) in [6.45, 7) is 7.76. The maximum Gasteiger partial charge on any atom is 0.319 e. The molecule has 10 nitrogen and oxygen atoms in total. The van der Waals surface area contributed by atoms with Gasteiger partial charge in [0.25, 0.3) is 0 Å². The first kappa shape index (κ1) is 22.9. The molecule has 0 radical (unpaired) electrons. The fraction of sp³-hybridized carbons (Fsp3) is 0.360. The van der Waals surface area contributed by atoms with Gasteiger partial charge in [0.05, 0.1) is 18.6 Å². The summed E-state index contributed by atoms with van der Waals surface area (Å²) in [7, 11) is 0. The first-order chi connectivity index (χ1) is 17.1. The largest absolute Gasteiger partial charge is 0.378 e. The number of likely N-dealkylation sites (tertiary alicyclic amines) is 1. The number of piperidine rings is 1. The summed E-state index contributed by atoms with van der Waals surface area (Å²) in [5, 5.41) is 6.87. The number of carbonyl (C=O) groups excluding carboxylic acids is 2. The minimum atomic E-state index is -0.248. The van der Waals surface area contributed by atoms with E-state index in [1.54, 1.807) is 11.2 Å². The number of aromatic amines is 1. The molecule has 4 heterocycles. The number of rotatable bonds is 5. The second kappa shape index (κ2) is 10.1. The third-order valence-corrected chi connectivity index (χ3v) is 6.49. The van der Waals surface area contributed by atoms with Gasteiger partial charge in [-0.1, -0.05) is 18.7 Å². The van der Waals surface area contributed by atoms with E-state index in [2.05, 4.69) is 43.1 Å². The van der Waals surface area contributed by atoms with Gasteiger partial charge in [0.2, 0.25) is 5.91 Å². The molecule has 0 atom stereocenters. The van der Waals surface area contributed by atoms with Gasteiger partial charge in [-0.3, -0.25) is 4.79 Å². The Hall–Kier alpha value is -3.92. The molecule has 5 rings (SSSR count). The van der Waals surface area contributed by atoms with Crippen molar-refractivity contribution in [2.75, 3.05) is 49.6 Å². The molecular formula is C25H29N7O3. The number of ether oxygens (including phenoxy) is 1. The van der Waals surface area contributed by atoms with Gasteiger partial charge in [0.1, 0.15) is 17.8 Å². The Balaban J connectivity index is 1.21. The Bertz CT molecular complexity index is 1210. The number of fused-ring (bicyclic) bond motifs is 1. The van der Waals surface area contributed by atoms with Crippen molar-refractivity contribution in [3.63, 3.8) is 0 Å². The predicted octanol–water partition coefficient (Wildman–Crippen LogP) is 2.76. The number of aromatic nitrogens is 3. The maximum atomic E-state index is 12.5. The normalized spacial score (nSPS) is 16.8. The molecule has 1 aromatic carbocycles. The van der Waals surface area contributed by atoms with Gasteiger partial charge >= 0.3 is 6.03 Å². The molecule has 2 fully saturated rings. The number of nitrogens with zero attached hydrogens (tertiary/aromatic N) is 4. The SMILES string of the molecule is C=CC(=O)N1CCC(NC(=O)Nc2ccc(-c3cc4c(N5CCOCC5)ncnc4[nH]3)cc2)CC1. The molecule has 0 aliphatic carbocycles. The number of morpholine rings is 1. The summed E-state index contributed by atoms with van der Waals surface area (Å²) >= 11 is 0. The maximum absolute atomic E-state index is 12.5. The highest BCUT2D eigenvalue weighted by Crippen LogP contribution is 2.29. The first-order valence-electron chi connectivity index (χ1n) is 11.9. The standard InChI is InChI=1S/C25H29N7O3/c1-2-22(33)31-9-7-19(8-10-31)29-25(34)28-18-5-3-17(4-6-18)21-15-20-23(30-21)26-16-27-24(20)32-11-13-35-14-12-32/h2-6,15-16,19H,1,7-14H2,(H,26,27,30)(H2,28,29,34). The molecule has 2 aliphatic rings. The van der Waals surface area contributed by atoms with Crippen LogP contribution < -0.4 is 15.5 Å². The highest BCUT2D eigenvalue weighted by Gasteiger charge is 2.22. The second-order valence-electron chi connectivity index (χ2n) is 8.72. The molecule has 2 saturated heterocycles. The van der Waals surface area contributed by atoms with Crippen LogP contribution in [0.5, 0.6) is 0 Å². The zero-order chi connectivity index (χ0) is 24.2. The van der Waals surface area contributed by atoms with Crippen LogP contribution in [0, 0.1) is 0 Å². The van der Waals surface area contributed by atoms with Crippen molar-refractivity contribution in [1.29, 1.82) is 0 Å². The smallest absolute Gasteiger partial charge is 0.319 e. The Labute approximate surface area is 203 Å². The van der Waals surface area contributed by atoms with Gasteiger partial charge in [-0.25, -0.2) is 14.8 Å². The molecule has 3 amide bonds. The van der Waals surface area contributed by atoms with E-state index in [9.17, 15) is 9.59 Å². The van der Waals surface area contributed by atoms with Crippen LogP contribution in [0.2, 0.25) is 0 Å². The van der Waals surface area contributed by atoms with Crippen LogP contribution in [-0.4, -0.2) is 77.2 Å². The van der Waals surface area contributed by atoms with Crippen molar-refractivity contribution in [3.05, 3.63) is 49.3 Å². The summed E-state index contributed by atoms with van der Waals surface area (Å²) in [5.74, 6) is 0.850. The molecular weight excluding hydrogens is 446 g/mol. The molecule has 3 aromatic rings. The Morgan fingerprint density at radius 2 is 1.83 bits per heavy atom. The first-order valence-corrected chi connectivity index (χ1v) is 11.9. The third-order valence-electron chi connectivity index (χ3n) is 6.49. The molecule has 0 bridgehead atoms. The lowest BCUT2D eigenvalue weighted by Crippen LogP contribution is -2.47. The molecule has 2 aromatic heterocycles. The third kappa shape index (κ3) is 5.12. The summed E-state index contributed by atoms with van der Waals surface area (Å²) < 4.78 is 5.46. The van der Waals surface area contributed by atoms with Gasteiger partial charge in [-0.2, -0.15) is 0 Å². The zero-order valence-electron chi connectivity index (χ0n) is 19.5. The Morgan fingerprint density at radius 3 is 2.54 bits per heavy atom. The van der Waals surface area contributed by atoms with E-state index in [-0.39, 0.29) is 18.0 Å². The van der Waals surface area contributed by atoms with Crippen LogP contribution >= 0.6 is 0 Å². The number of carbonyl (C=O) groups is 2. The quantitative estimate of drug-likeness (QED) is 0.489. The predicted molar refractivity (Wildman–Crippen MR) is 134 cm³/mol. The van der Waals surface area contributed by atoms with Gasteiger partial charge in [-0.15, -0.1) is 0 Å². The fourth-order valence-corrected chi connectivity index (χ4v) is 4.57. The van der Waals surface area contributed by atoms with Crippen molar-refractivity contribution in [3.8, 4) is 11.3 Å². The number of anilines is 2. The summed E-state index contributed by atoms with van der Waals surface area (Å²) in [6.07, 6.45) is 4.36. The molecule has 3 N–H and O–H groups in total. The van der Waals surface area contributed by atoms with Crippen LogP contribution in [0.3, 0.4) is 0 Å². The van der Waals surface area contributed by atoms with Crippen LogP contribution in [0.25, 0.3) is 22.3 Å². The van der Waals surface area contributed by atoms with Gasteiger partial charge < -0.3 is 30.2 Å². The molecule has 2 aliphatic heterocycles. The Kier molecular flexibility index (Phi) is 6.62. The number of hydrogen-bond acceptors (Lipinski definition) is 6. The van der Waals surface area contributed by atoms with E-state index < -0.39 is 0 Å². The van der Waals surface area contributed by atoms with Gasteiger partial charge in [0, 0.05) is 43.6 Å². The molecule has 35 heavy (non-hydrogen) atoms. The van der Waals surface area contributed by atoms with Crippen molar-refractivity contribution < 1.29 is 14.3 Å². The van der Waals surface area contributed by atoms with E-state index in [1.807, 2.05) is 24.3 Å². The minimum Gasteiger partial charge on any atom is -0.378 e. The number of amides is 3. The lowest BCUT2D eigenvalue weighted by molar-refractivity contribution is -0.127. The number of urea groups is 1. The van der Waals surface area contributed by atoms with E-state index >= 15 is 0 Å². The highest BCUT2D eigenvalue weighted by molar-refractivity contribution is 5.93. The molecule has 0 saturated carbocycles. The van der Waals surface area contributed by atoms with Crippen LogP contribution in [-0.2, 0) is 9.53 Å². The summed E-state index contributed by atoms with van der Waals surface area (Å²) in [4.78, 5) is 40.4. The topological polar surface area (TPSA) is 115 Å². The average Bonchev–Trinajstić information content (AvgIpc) is 3.34. The van der Waals surface area contributed by atoms with Crippen molar-refractivity contribution in [2.45, 2.75) is 18.9 Å². The van der Waals surface area contributed by atoms with Crippen LogP contribution in [0.1, 0.15) is 12.8 Å². The highest BCUT2D eigenvalue weighted by atomic mass is 16.5. The van der Waals surface area contributed by atoms with Gasteiger partial charge in [-0.05, 0) is 42.7 Å². The summed E-state index contributed by atoms with van der Waals surface area (Å²) in [6, 6.07) is 9.53. The Morgan fingerprint density at radius 1 is 1.09 bits per heavy atom. The van der Waals surface area contributed by atoms with Crippen LogP contribution in [0.15, 0.2) is 49.3 Å². The van der Waals surface area contributed by atoms with Crippen molar-refractivity contribution >= 4 is 34.5 Å². The second-order valence-corrected chi connectivity index (χ2v) is 8.72. The molecule has 0 spiro atoms. The van der Waals surface area contributed by atoms with Crippen molar-refractivity contribution in [2.24, 2.45) is 0 Å². The zero-order valence-corrected chi connectivity index (χ0v) is 19.5. The lowest BCUT2D eigenvalue weighted by Gasteiger charge is -2.31.